The van der Waals surface area contributed by atoms with Gasteiger partial charge < -0.3 is 10.1 Å². The number of hydrogen-bond acceptors (Lipinski definition) is 5. The Kier molecular flexibility index (Phi) is 6.17. The summed E-state index contributed by atoms with van der Waals surface area (Å²) in [6.45, 7) is -3.83. The summed E-state index contributed by atoms with van der Waals surface area (Å²) in [6.07, 6.45) is -6.43. The van der Waals surface area contributed by atoms with E-state index in [0.29, 0.717) is 14.9 Å². The zero-order valence-electron chi connectivity index (χ0n) is 13.9. The van der Waals surface area contributed by atoms with Crippen molar-refractivity contribution in [3.05, 3.63) is 34.6 Å². The van der Waals surface area contributed by atoms with Crippen LogP contribution in [0, 0.1) is 0 Å². The van der Waals surface area contributed by atoms with Crippen LogP contribution in [0.25, 0.3) is 10.2 Å². The van der Waals surface area contributed by atoms with E-state index >= 15 is 0 Å². The van der Waals surface area contributed by atoms with Crippen LogP contribution in [-0.4, -0.2) is 27.3 Å². The number of ether oxygens (including phenoxy) is 1. The van der Waals surface area contributed by atoms with Crippen molar-refractivity contribution < 1.29 is 35.9 Å². The molecule has 0 aliphatic heterocycles. The molecule has 6 nitrogen and oxygen atoms in total. The number of amides is 1. The molecule has 0 unspecified atom stereocenters. The van der Waals surface area contributed by atoms with Crippen molar-refractivity contribution in [1.82, 2.24) is 14.8 Å². The van der Waals surface area contributed by atoms with Gasteiger partial charge in [-0.3, -0.25) is 9.48 Å². The number of alkyl halides is 6. The van der Waals surface area contributed by atoms with Crippen molar-refractivity contribution in [1.29, 1.82) is 0 Å². The maximum atomic E-state index is 13.1. The lowest BCUT2D eigenvalue weighted by Crippen LogP contribution is -2.21. The van der Waals surface area contributed by atoms with Crippen molar-refractivity contribution in [2.45, 2.75) is 26.0 Å². The van der Waals surface area contributed by atoms with Crippen LogP contribution in [0.4, 0.5) is 31.5 Å². The van der Waals surface area contributed by atoms with Gasteiger partial charge >= 0.3 is 6.61 Å². The predicted molar refractivity (Wildman–Crippen MR) is 92.0 cm³/mol. The average molecular weight is 459 g/mol. The summed E-state index contributed by atoms with van der Waals surface area (Å²) in [6, 6.07) is 3.93. The molecule has 29 heavy (non-hydrogen) atoms. The summed E-state index contributed by atoms with van der Waals surface area (Å²) >= 11 is 6.43. The lowest BCUT2D eigenvalue weighted by atomic mass is 10.3. The van der Waals surface area contributed by atoms with Gasteiger partial charge in [0.1, 0.15) is 23.7 Å². The van der Waals surface area contributed by atoms with Crippen molar-refractivity contribution >= 4 is 44.2 Å². The average Bonchev–Trinajstić information content (AvgIpc) is 3.13. The van der Waals surface area contributed by atoms with E-state index in [2.05, 4.69) is 20.1 Å². The molecule has 0 atom stereocenters. The Morgan fingerprint density at radius 1 is 1.21 bits per heavy atom. The molecule has 3 aromatic rings. The summed E-state index contributed by atoms with van der Waals surface area (Å²) in [5.74, 6) is -0.990. The molecule has 0 bridgehead atoms. The third-order valence-electron chi connectivity index (χ3n) is 3.49. The summed E-state index contributed by atoms with van der Waals surface area (Å²) < 4.78 is 81.5. The molecule has 2 aromatic heterocycles. The SMILES string of the molecule is O=C(Cn1nc(C(F)F)c(Cl)c1C(F)F)Nc1nc2ccc(OC(F)F)cc2s1. The fourth-order valence-electron chi connectivity index (χ4n) is 2.37. The number of benzene rings is 1. The highest BCUT2D eigenvalue weighted by atomic mass is 35.5. The van der Waals surface area contributed by atoms with Crippen molar-refractivity contribution in [3.8, 4) is 5.75 Å². The molecule has 0 aliphatic carbocycles. The minimum atomic E-state index is -3.23. The molecule has 0 aliphatic rings. The van der Waals surface area contributed by atoms with E-state index in [1.54, 1.807) is 0 Å². The second-order valence-corrected chi connectivity index (χ2v) is 6.83. The highest BCUT2D eigenvalue weighted by Gasteiger charge is 2.28. The number of anilines is 1. The molecule has 0 spiro atoms. The summed E-state index contributed by atoms with van der Waals surface area (Å²) in [7, 11) is 0. The number of carbonyl (C=O) groups is 1. The van der Waals surface area contributed by atoms with Gasteiger partial charge in [0, 0.05) is 0 Å². The number of nitrogens with one attached hydrogen (secondary N) is 1. The van der Waals surface area contributed by atoms with E-state index in [9.17, 15) is 31.1 Å². The van der Waals surface area contributed by atoms with Gasteiger partial charge in [-0.05, 0) is 18.2 Å². The first kappa shape index (κ1) is 21.2. The monoisotopic (exact) mass is 458 g/mol. The third-order valence-corrected chi connectivity index (χ3v) is 4.82. The second kappa shape index (κ2) is 8.45. The molecule has 1 N–H and O–H groups in total. The highest BCUT2D eigenvalue weighted by molar-refractivity contribution is 7.22. The fourth-order valence-corrected chi connectivity index (χ4v) is 3.58. The van der Waals surface area contributed by atoms with Crippen LogP contribution in [0.15, 0.2) is 18.2 Å². The van der Waals surface area contributed by atoms with Crippen LogP contribution >= 0.6 is 22.9 Å². The van der Waals surface area contributed by atoms with E-state index in [0.717, 1.165) is 11.3 Å². The number of hydrogen-bond donors (Lipinski definition) is 1. The van der Waals surface area contributed by atoms with Crippen molar-refractivity contribution in [2.75, 3.05) is 5.32 Å². The molecule has 14 heteroatoms. The first-order valence-corrected chi connectivity index (χ1v) is 8.82. The van der Waals surface area contributed by atoms with Crippen molar-refractivity contribution in [3.63, 3.8) is 0 Å². The molecule has 2 heterocycles. The van der Waals surface area contributed by atoms with Crippen LogP contribution in [0.5, 0.6) is 5.75 Å². The Hall–Kier alpha value is -2.54. The smallest absolute Gasteiger partial charge is 0.387 e. The maximum absolute atomic E-state index is 13.1. The third kappa shape index (κ3) is 4.72. The molecule has 0 fully saturated rings. The lowest BCUT2D eigenvalue weighted by molar-refractivity contribution is -0.117. The number of nitrogens with zero attached hydrogens (tertiary/aromatic N) is 3. The largest absolute Gasteiger partial charge is 0.435 e. The normalized spacial score (nSPS) is 11.8. The van der Waals surface area contributed by atoms with E-state index in [-0.39, 0.29) is 10.9 Å². The summed E-state index contributed by atoms with van der Waals surface area (Å²) in [5, 5.41) is 4.72. The summed E-state index contributed by atoms with van der Waals surface area (Å²) in [4.78, 5) is 16.2. The maximum Gasteiger partial charge on any atom is 0.387 e. The zero-order chi connectivity index (χ0) is 21.3. The molecule has 1 aromatic carbocycles. The number of carbonyl (C=O) groups excluding carboxylic acids is 1. The topological polar surface area (TPSA) is 69.0 Å². The van der Waals surface area contributed by atoms with E-state index < -0.39 is 48.3 Å². The number of aromatic nitrogens is 3. The molecule has 3 rings (SSSR count). The molecule has 0 saturated carbocycles. The summed E-state index contributed by atoms with van der Waals surface area (Å²) in [5.41, 5.74) is -1.70. The number of halogens is 7. The Morgan fingerprint density at radius 2 is 1.93 bits per heavy atom. The van der Waals surface area contributed by atoms with Crippen LogP contribution in [-0.2, 0) is 11.3 Å². The van der Waals surface area contributed by atoms with Crippen LogP contribution in [0.1, 0.15) is 24.2 Å². The Bertz CT molecular complexity index is 1040. The van der Waals surface area contributed by atoms with Gasteiger partial charge in [-0.25, -0.2) is 22.5 Å². The Balaban J connectivity index is 1.78. The first-order valence-electron chi connectivity index (χ1n) is 7.63. The van der Waals surface area contributed by atoms with E-state index in [1.807, 2.05) is 0 Å². The number of thiazole rings is 1. The van der Waals surface area contributed by atoms with Gasteiger partial charge in [0.25, 0.3) is 12.9 Å². The lowest BCUT2D eigenvalue weighted by Gasteiger charge is -2.06. The Morgan fingerprint density at radius 3 is 2.55 bits per heavy atom. The molecule has 0 radical (unpaired) electrons. The molecule has 156 valence electrons. The molecule has 0 saturated heterocycles. The van der Waals surface area contributed by atoms with E-state index in [4.69, 9.17) is 11.6 Å². The highest BCUT2D eigenvalue weighted by Crippen LogP contribution is 2.35. The van der Waals surface area contributed by atoms with Gasteiger partial charge in [0.15, 0.2) is 5.13 Å². The van der Waals surface area contributed by atoms with Gasteiger partial charge in [0.05, 0.1) is 15.2 Å². The quantitative estimate of drug-likeness (QED) is 0.490. The molecule has 1 amide bonds. The number of rotatable bonds is 7. The van der Waals surface area contributed by atoms with Gasteiger partial charge in [0.2, 0.25) is 5.91 Å². The molecular weight excluding hydrogens is 450 g/mol. The zero-order valence-corrected chi connectivity index (χ0v) is 15.5. The standard InChI is InChI=1S/C15H9ClF6N4O2S/c16-9-10(12(17)18)25-26(11(9)13(19)20)4-8(27)24-15-23-6-2-1-5(28-14(21)22)3-7(6)29-15/h1-3,12-14H,4H2,(H,23,24,27). The van der Waals surface area contributed by atoms with E-state index in [1.165, 1.54) is 18.2 Å². The van der Waals surface area contributed by atoms with Gasteiger partial charge in [-0.1, -0.05) is 22.9 Å². The van der Waals surface area contributed by atoms with Gasteiger partial charge in [-0.2, -0.15) is 13.9 Å². The van der Waals surface area contributed by atoms with Crippen molar-refractivity contribution in [2.24, 2.45) is 0 Å². The second-order valence-electron chi connectivity index (χ2n) is 5.42. The predicted octanol–water partition coefficient (Wildman–Crippen LogP) is 5.26. The Labute approximate surface area is 167 Å². The minimum absolute atomic E-state index is 0.0325. The number of fused-ring (bicyclic) bond motifs is 1. The van der Waals surface area contributed by atoms with Crippen LogP contribution in [0.2, 0.25) is 5.02 Å². The van der Waals surface area contributed by atoms with Crippen LogP contribution < -0.4 is 10.1 Å². The van der Waals surface area contributed by atoms with Crippen LogP contribution in [0.3, 0.4) is 0 Å². The first-order chi connectivity index (χ1) is 13.7. The molecular formula is C15H9ClF6N4O2S. The van der Waals surface area contributed by atoms with Gasteiger partial charge in [-0.15, -0.1) is 0 Å². The fraction of sp³-hybridized carbons (Fsp3) is 0.267. The minimum Gasteiger partial charge on any atom is -0.435 e.